The lowest BCUT2D eigenvalue weighted by atomic mass is 9.92. The number of likely N-dealkylation sites (tertiary alicyclic amines) is 1. The average Bonchev–Trinajstić information content (AvgIpc) is 3.63. The Kier molecular flexibility index (Phi) is 8.33. The molecule has 0 spiro atoms. The Labute approximate surface area is 266 Å². The number of halogens is 4. The van der Waals surface area contributed by atoms with Crippen LogP contribution in [-0.4, -0.2) is 87.0 Å². The summed E-state index contributed by atoms with van der Waals surface area (Å²) < 4.78 is 64.4. The minimum Gasteiger partial charge on any atom is -0.338 e. The first-order valence-corrected chi connectivity index (χ1v) is 16.5. The molecule has 0 saturated carbocycles. The lowest BCUT2D eigenvalue weighted by molar-refractivity contribution is -0.130. The molecule has 9 nitrogen and oxygen atoms in total. The van der Waals surface area contributed by atoms with Gasteiger partial charge in [-0.15, -0.1) is 0 Å². The van der Waals surface area contributed by atoms with Crippen molar-refractivity contribution < 1.29 is 22.4 Å². The number of nitrogens with zero attached hydrogens (tertiary/aromatic N) is 7. The van der Waals surface area contributed by atoms with Crippen molar-refractivity contribution in [2.75, 3.05) is 50.7 Å². The summed E-state index contributed by atoms with van der Waals surface area (Å²) in [5, 5.41) is 12.4. The largest absolute Gasteiger partial charge is 0.338 e. The van der Waals surface area contributed by atoms with E-state index in [1.165, 1.54) is 17.7 Å². The predicted octanol–water partition coefficient (Wildman–Crippen LogP) is 5.09. The summed E-state index contributed by atoms with van der Waals surface area (Å²) in [4.78, 5) is 18.0. The molecule has 2 aromatic heterocycles. The highest BCUT2D eigenvalue weighted by atomic mass is 19.3. The second kappa shape index (κ2) is 12.3. The van der Waals surface area contributed by atoms with Crippen LogP contribution >= 0.6 is 0 Å². The van der Waals surface area contributed by atoms with Gasteiger partial charge in [0, 0.05) is 80.8 Å². The van der Waals surface area contributed by atoms with Crippen molar-refractivity contribution in [1.82, 2.24) is 34.7 Å². The molecule has 4 aliphatic heterocycles. The molecule has 13 heteroatoms. The Hall–Kier alpha value is -3.45. The molecule has 1 unspecified atom stereocenters. The zero-order chi connectivity index (χ0) is 32.2. The van der Waals surface area contributed by atoms with Gasteiger partial charge in [-0.3, -0.25) is 19.1 Å². The molecule has 7 rings (SSSR count). The third-order valence-corrected chi connectivity index (χ3v) is 10.3. The van der Waals surface area contributed by atoms with Crippen LogP contribution in [0.4, 0.5) is 29.1 Å². The lowest BCUT2D eigenvalue weighted by Gasteiger charge is -2.41. The summed E-state index contributed by atoms with van der Waals surface area (Å²) in [5.41, 5.74) is 3.91. The first kappa shape index (κ1) is 31.2. The van der Waals surface area contributed by atoms with Crippen LogP contribution in [0, 0.1) is 5.92 Å². The maximum atomic E-state index is 16.1. The number of aryl methyl sites for hydroxylation is 2. The minimum absolute atomic E-state index is 0.0963. The quantitative estimate of drug-likeness (QED) is 0.378. The Bertz CT molecular complexity index is 1600. The highest BCUT2D eigenvalue weighted by molar-refractivity contribution is 5.78. The third-order valence-electron chi connectivity index (χ3n) is 10.3. The zero-order valence-corrected chi connectivity index (χ0v) is 26.5. The number of alkyl halides is 4. The number of aromatic nitrogens is 4. The van der Waals surface area contributed by atoms with E-state index < -0.39 is 18.4 Å². The molecule has 1 aromatic carbocycles. The molecule has 1 atom stereocenters. The van der Waals surface area contributed by atoms with Crippen molar-refractivity contribution >= 4 is 17.4 Å². The van der Waals surface area contributed by atoms with Gasteiger partial charge >= 0.3 is 0 Å². The van der Waals surface area contributed by atoms with Crippen molar-refractivity contribution in [2.24, 2.45) is 13.0 Å². The van der Waals surface area contributed by atoms with E-state index in [2.05, 4.69) is 10.4 Å². The second-order valence-corrected chi connectivity index (χ2v) is 13.4. The van der Waals surface area contributed by atoms with Gasteiger partial charge in [-0.2, -0.15) is 10.2 Å². The molecule has 2 fully saturated rings. The van der Waals surface area contributed by atoms with E-state index in [1.807, 2.05) is 15.9 Å². The SMILES string of the molecule is CC(=O)N1CCc2c(c(N3CCCc4cc(-c5cnn(C)c5)c(C(F)F)cc43)nn2C2CCN(CC3CCNCC3)CC2(F)F)C1. The highest BCUT2D eigenvalue weighted by Gasteiger charge is 2.48. The summed E-state index contributed by atoms with van der Waals surface area (Å²) in [6, 6.07) is 2.24. The maximum Gasteiger partial charge on any atom is 0.282 e. The molecule has 4 aliphatic rings. The number of hydrogen-bond acceptors (Lipinski definition) is 6. The molecule has 0 aliphatic carbocycles. The van der Waals surface area contributed by atoms with E-state index in [0.717, 1.165) is 49.2 Å². The van der Waals surface area contributed by atoms with Crippen molar-refractivity contribution in [3.05, 3.63) is 46.9 Å². The first-order chi connectivity index (χ1) is 22.1. The van der Waals surface area contributed by atoms with Crippen LogP contribution < -0.4 is 10.2 Å². The molecule has 1 amide bonds. The van der Waals surface area contributed by atoms with Crippen molar-refractivity contribution in [3.8, 4) is 11.1 Å². The monoisotopic (exact) mass is 642 g/mol. The normalized spacial score (nSPS) is 22.3. The molecule has 46 heavy (non-hydrogen) atoms. The first-order valence-electron chi connectivity index (χ1n) is 16.5. The summed E-state index contributed by atoms with van der Waals surface area (Å²) in [6.07, 6.45) is 4.71. The smallest absolute Gasteiger partial charge is 0.282 e. The van der Waals surface area contributed by atoms with Crippen LogP contribution in [0.1, 0.15) is 67.5 Å². The van der Waals surface area contributed by atoms with Crippen LogP contribution in [-0.2, 0) is 31.2 Å². The highest BCUT2D eigenvalue weighted by Crippen LogP contribution is 2.45. The fourth-order valence-electron chi connectivity index (χ4n) is 7.92. The van der Waals surface area contributed by atoms with E-state index in [0.29, 0.717) is 67.6 Å². The fraction of sp³-hybridized carbons (Fsp3) is 0.606. The molecule has 3 aromatic rings. The van der Waals surface area contributed by atoms with Gasteiger partial charge < -0.3 is 15.1 Å². The summed E-state index contributed by atoms with van der Waals surface area (Å²) >= 11 is 0. The van der Waals surface area contributed by atoms with Gasteiger partial charge in [-0.25, -0.2) is 17.6 Å². The number of amides is 1. The van der Waals surface area contributed by atoms with Crippen molar-refractivity contribution in [3.63, 3.8) is 0 Å². The number of benzene rings is 1. The molecule has 2 saturated heterocycles. The van der Waals surface area contributed by atoms with Gasteiger partial charge in [0.25, 0.3) is 12.3 Å². The second-order valence-electron chi connectivity index (χ2n) is 13.4. The van der Waals surface area contributed by atoms with E-state index >= 15 is 8.78 Å². The van der Waals surface area contributed by atoms with Crippen LogP contribution in [0.25, 0.3) is 11.1 Å². The number of carbonyl (C=O) groups excluding carboxylic acids is 1. The van der Waals surface area contributed by atoms with Crippen molar-refractivity contribution in [1.29, 1.82) is 0 Å². The van der Waals surface area contributed by atoms with Gasteiger partial charge in [0.1, 0.15) is 6.04 Å². The summed E-state index contributed by atoms with van der Waals surface area (Å²) in [5.74, 6) is -2.18. The van der Waals surface area contributed by atoms with Gasteiger partial charge in [-0.1, -0.05) is 0 Å². The Balaban J connectivity index is 1.26. The lowest BCUT2D eigenvalue weighted by Crippen LogP contribution is -2.51. The number of anilines is 2. The molecule has 0 bridgehead atoms. The van der Waals surface area contributed by atoms with E-state index in [4.69, 9.17) is 5.10 Å². The summed E-state index contributed by atoms with van der Waals surface area (Å²) in [7, 11) is 1.75. The standard InChI is InChI=1S/C33H42F4N8O/c1-21(46)43-13-7-28-27(19-43)32(40-45(28)30-8-12-42(20-33(30,36)37)17-22-5-9-38-10-6-22)44-11-3-4-23-14-25(24-16-39-41(2)18-24)26(31(34)35)15-29(23)44/h14-16,18,22,30-31,38H,3-13,17,19-20H2,1-2H3. The number of fused-ring (bicyclic) bond motifs is 2. The molecule has 0 radical (unpaired) electrons. The van der Waals surface area contributed by atoms with Gasteiger partial charge in [0.05, 0.1) is 19.3 Å². The molecular weight excluding hydrogens is 600 g/mol. The Morgan fingerprint density at radius 1 is 1.11 bits per heavy atom. The molecular formula is C33H42F4N8O. The van der Waals surface area contributed by atoms with Gasteiger partial charge in [0.2, 0.25) is 5.91 Å². The summed E-state index contributed by atoms with van der Waals surface area (Å²) in [6.45, 7) is 5.48. The fourth-order valence-corrected chi connectivity index (χ4v) is 7.92. The van der Waals surface area contributed by atoms with Crippen LogP contribution in [0.2, 0.25) is 0 Å². The van der Waals surface area contributed by atoms with E-state index in [1.54, 1.807) is 29.0 Å². The third kappa shape index (κ3) is 5.80. The number of carbonyl (C=O) groups is 1. The number of rotatable bonds is 6. The Morgan fingerprint density at radius 3 is 2.61 bits per heavy atom. The molecule has 248 valence electrons. The topological polar surface area (TPSA) is 74.5 Å². The number of piperidine rings is 2. The number of hydrogen-bond donors (Lipinski definition) is 1. The van der Waals surface area contributed by atoms with Gasteiger partial charge in [-0.05, 0) is 74.4 Å². The van der Waals surface area contributed by atoms with E-state index in [-0.39, 0.29) is 31.0 Å². The van der Waals surface area contributed by atoms with Crippen LogP contribution in [0.15, 0.2) is 24.5 Å². The Morgan fingerprint density at radius 2 is 1.91 bits per heavy atom. The van der Waals surface area contributed by atoms with Crippen LogP contribution in [0.3, 0.4) is 0 Å². The minimum atomic E-state index is -3.00. The maximum absolute atomic E-state index is 16.1. The van der Waals surface area contributed by atoms with Crippen LogP contribution in [0.5, 0.6) is 0 Å². The molecule has 1 N–H and O–H groups in total. The van der Waals surface area contributed by atoms with Crippen molar-refractivity contribution in [2.45, 2.75) is 70.4 Å². The molecule has 6 heterocycles. The number of nitrogens with one attached hydrogen (secondary N) is 1. The predicted molar refractivity (Wildman–Crippen MR) is 167 cm³/mol. The average molecular weight is 643 g/mol. The zero-order valence-electron chi connectivity index (χ0n) is 26.5. The van der Waals surface area contributed by atoms with Gasteiger partial charge in [0.15, 0.2) is 5.82 Å². The van der Waals surface area contributed by atoms with E-state index in [9.17, 15) is 13.6 Å².